The summed E-state index contributed by atoms with van der Waals surface area (Å²) in [6, 6.07) is 3.60. The lowest BCUT2D eigenvalue weighted by Gasteiger charge is -2.16. The molecule has 1 fully saturated rings. The van der Waals surface area contributed by atoms with E-state index in [0.29, 0.717) is 24.4 Å². The lowest BCUT2D eigenvalue weighted by atomic mass is 10.1. The highest BCUT2D eigenvalue weighted by Crippen LogP contribution is 2.17. The fourth-order valence-electron chi connectivity index (χ4n) is 2.26. The standard InChI is InChI=1S/C14H18N2O4S/c1-9-3-4-11(21-9)13(18)15-7-12(17)16-6-5-10(8-16)14(19)20-2/h3-4,10H,5-8H2,1-2H3,(H,15,18). The van der Waals surface area contributed by atoms with Crippen molar-refractivity contribution < 1.29 is 19.1 Å². The molecule has 0 spiro atoms. The maximum absolute atomic E-state index is 12.0. The van der Waals surface area contributed by atoms with Crippen LogP contribution in [0.1, 0.15) is 21.0 Å². The molecule has 0 saturated carbocycles. The quantitative estimate of drug-likeness (QED) is 0.835. The molecule has 1 saturated heterocycles. The van der Waals surface area contributed by atoms with Gasteiger partial charge in [-0.25, -0.2) is 0 Å². The second kappa shape index (κ2) is 6.71. The number of amides is 2. The van der Waals surface area contributed by atoms with Gasteiger partial charge in [0, 0.05) is 18.0 Å². The highest BCUT2D eigenvalue weighted by Gasteiger charge is 2.31. The normalized spacial score (nSPS) is 17.6. The first-order valence-electron chi connectivity index (χ1n) is 6.71. The van der Waals surface area contributed by atoms with Gasteiger partial charge >= 0.3 is 5.97 Å². The number of nitrogens with one attached hydrogen (secondary N) is 1. The molecule has 0 bridgehead atoms. The Kier molecular flexibility index (Phi) is 4.95. The first kappa shape index (κ1) is 15.5. The van der Waals surface area contributed by atoms with E-state index in [1.54, 1.807) is 11.0 Å². The summed E-state index contributed by atoms with van der Waals surface area (Å²) in [6.07, 6.45) is 0.608. The van der Waals surface area contributed by atoms with Gasteiger partial charge in [0.05, 0.1) is 24.4 Å². The Balaban J connectivity index is 1.80. The fraction of sp³-hybridized carbons (Fsp3) is 0.500. The molecule has 2 amide bonds. The van der Waals surface area contributed by atoms with Gasteiger partial charge in [-0.05, 0) is 25.5 Å². The number of carbonyl (C=O) groups is 3. The maximum atomic E-state index is 12.0. The van der Waals surface area contributed by atoms with Gasteiger partial charge < -0.3 is 15.0 Å². The van der Waals surface area contributed by atoms with E-state index in [1.807, 2.05) is 13.0 Å². The van der Waals surface area contributed by atoms with Crippen LogP contribution in [0, 0.1) is 12.8 Å². The molecule has 0 radical (unpaired) electrons. The average molecular weight is 310 g/mol. The van der Waals surface area contributed by atoms with E-state index in [4.69, 9.17) is 0 Å². The van der Waals surface area contributed by atoms with Crippen molar-refractivity contribution >= 4 is 29.1 Å². The van der Waals surface area contributed by atoms with Crippen LogP contribution in [0.2, 0.25) is 0 Å². The van der Waals surface area contributed by atoms with Crippen molar-refractivity contribution in [3.05, 3.63) is 21.9 Å². The third-order valence-electron chi connectivity index (χ3n) is 3.44. The van der Waals surface area contributed by atoms with E-state index in [1.165, 1.54) is 18.4 Å². The summed E-state index contributed by atoms with van der Waals surface area (Å²) >= 11 is 1.39. The first-order chi connectivity index (χ1) is 10.0. The second-order valence-corrected chi connectivity index (χ2v) is 6.23. The Morgan fingerprint density at radius 1 is 1.43 bits per heavy atom. The topological polar surface area (TPSA) is 75.7 Å². The molecule has 0 aliphatic carbocycles. The average Bonchev–Trinajstić information content (AvgIpc) is 3.12. The third-order valence-corrected chi connectivity index (χ3v) is 4.44. The Labute approximate surface area is 127 Å². The number of esters is 1. The van der Waals surface area contributed by atoms with Crippen molar-refractivity contribution in [2.75, 3.05) is 26.7 Å². The van der Waals surface area contributed by atoms with Gasteiger partial charge in [0.2, 0.25) is 5.91 Å². The minimum Gasteiger partial charge on any atom is -0.469 e. The first-order valence-corrected chi connectivity index (χ1v) is 7.53. The van der Waals surface area contributed by atoms with Crippen LogP contribution in [-0.4, -0.2) is 49.4 Å². The number of likely N-dealkylation sites (tertiary alicyclic amines) is 1. The number of hydrogen-bond donors (Lipinski definition) is 1. The van der Waals surface area contributed by atoms with Gasteiger partial charge in [0.1, 0.15) is 0 Å². The second-order valence-electron chi connectivity index (χ2n) is 4.94. The van der Waals surface area contributed by atoms with Gasteiger partial charge in [-0.15, -0.1) is 11.3 Å². The lowest BCUT2D eigenvalue weighted by Crippen LogP contribution is -2.39. The van der Waals surface area contributed by atoms with Crippen molar-refractivity contribution in [3.63, 3.8) is 0 Å². The number of nitrogens with zero attached hydrogens (tertiary/aromatic N) is 1. The van der Waals surface area contributed by atoms with E-state index < -0.39 is 0 Å². The number of methoxy groups -OCH3 is 1. The Bertz CT molecular complexity index is 555. The van der Waals surface area contributed by atoms with Gasteiger partial charge in [0.15, 0.2) is 0 Å². The molecular formula is C14H18N2O4S. The van der Waals surface area contributed by atoms with Crippen LogP contribution in [0.5, 0.6) is 0 Å². The molecule has 2 heterocycles. The molecule has 6 nitrogen and oxygen atoms in total. The molecule has 1 atom stereocenters. The lowest BCUT2D eigenvalue weighted by molar-refractivity contribution is -0.145. The summed E-state index contributed by atoms with van der Waals surface area (Å²) in [4.78, 5) is 38.5. The molecule has 1 N–H and O–H groups in total. The predicted octanol–water partition coefficient (Wildman–Crippen LogP) is 0.808. The summed E-state index contributed by atoms with van der Waals surface area (Å²) in [6.45, 7) is 2.75. The Morgan fingerprint density at radius 2 is 2.19 bits per heavy atom. The Hall–Kier alpha value is -1.89. The van der Waals surface area contributed by atoms with Crippen LogP contribution in [0.4, 0.5) is 0 Å². The molecule has 1 aromatic rings. The van der Waals surface area contributed by atoms with Crippen LogP contribution < -0.4 is 5.32 Å². The van der Waals surface area contributed by atoms with E-state index >= 15 is 0 Å². The Morgan fingerprint density at radius 3 is 2.81 bits per heavy atom. The number of ether oxygens (including phenoxy) is 1. The zero-order valence-corrected chi connectivity index (χ0v) is 12.9. The van der Waals surface area contributed by atoms with Crippen molar-refractivity contribution in [1.82, 2.24) is 10.2 Å². The highest BCUT2D eigenvalue weighted by atomic mass is 32.1. The van der Waals surface area contributed by atoms with Crippen molar-refractivity contribution in [1.29, 1.82) is 0 Å². The molecule has 0 aromatic carbocycles. The van der Waals surface area contributed by atoms with Crippen LogP contribution in [-0.2, 0) is 14.3 Å². The van der Waals surface area contributed by atoms with Gasteiger partial charge in [-0.2, -0.15) is 0 Å². The van der Waals surface area contributed by atoms with E-state index in [2.05, 4.69) is 10.1 Å². The smallest absolute Gasteiger partial charge is 0.310 e. The molecule has 1 aliphatic heterocycles. The molecule has 1 aromatic heterocycles. The number of carbonyl (C=O) groups excluding carboxylic acids is 3. The zero-order chi connectivity index (χ0) is 15.4. The molecule has 1 unspecified atom stereocenters. The summed E-state index contributed by atoms with van der Waals surface area (Å²) < 4.78 is 4.68. The minimum atomic E-state index is -0.289. The van der Waals surface area contributed by atoms with Crippen molar-refractivity contribution in [3.8, 4) is 0 Å². The summed E-state index contributed by atoms with van der Waals surface area (Å²) in [7, 11) is 1.34. The van der Waals surface area contributed by atoms with E-state index in [0.717, 1.165) is 4.88 Å². The molecule has 1 aliphatic rings. The van der Waals surface area contributed by atoms with Gasteiger partial charge in [-0.3, -0.25) is 14.4 Å². The highest BCUT2D eigenvalue weighted by molar-refractivity contribution is 7.13. The minimum absolute atomic E-state index is 0.0519. The number of hydrogen-bond acceptors (Lipinski definition) is 5. The number of thiophene rings is 1. The van der Waals surface area contributed by atoms with Crippen molar-refractivity contribution in [2.24, 2.45) is 5.92 Å². The van der Waals surface area contributed by atoms with Crippen LogP contribution in [0.15, 0.2) is 12.1 Å². The van der Waals surface area contributed by atoms with Gasteiger partial charge in [-0.1, -0.05) is 0 Å². The van der Waals surface area contributed by atoms with Crippen LogP contribution >= 0.6 is 11.3 Å². The molecule has 21 heavy (non-hydrogen) atoms. The van der Waals surface area contributed by atoms with E-state index in [-0.39, 0.29) is 30.2 Å². The molecule has 7 heteroatoms. The van der Waals surface area contributed by atoms with Gasteiger partial charge in [0.25, 0.3) is 5.91 Å². The summed E-state index contributed by atoms with van der Waals surface area (Å²) in [5.74, 6) is -0.966. The van der Waals surface area contributed by atoms with Crippen LogP contribution in [0.25, 0.3) is 0 Å². The monoisotopic (exact) mass is 310 g/mol. The molecular weight excluding hydrogens is 292 g/mol. The SMILES string of the molecule is COC(=O)C1CCN(C(=O)CNC(=O)c2ccc(C)s2)C1. The zero-order valence-electron chi connectivity index (χ0n) is 12.0. The summed E-state index contributed by atoms with van der Waals surface area (Å²) in [5, 5.41) is 2.61. The number of aryl methyl sites for hydroxylation is 1. The molecule has 114 valence electrons. The third kappa shape index (κ3) is 3.81. The molecule has 2 rings (SSSR count). The number of rotatable bonds is 4. The largest absolute Gasteiger partial charge is 0.469 e. The summed E-state index contributed by atoms with van der Waals surface area (Å²) in [5.41, 5.74) is 0. The van der Waals surface area contributed by atoms with Crippen molar-refractivity contribution in [2.45, 2.75) is 13.3 Å². The van der Waals surface area contributed by atoms with Crippen LogP contribution in [0.3, 0.4) is 0 Å². The van der Waals surface area contributed by atoms with E-state index in [9.17, 15) is 14.4 Å². The maximum Gasteiger partial charge on any atom is 0.310 e. The predicted molar refractivity (Wildman–Crippen MR) is 78.1 cm³/mol. The fourth-order valence-corrected chi connectivity index (χ4v) is 3.04.